The average Bonchev–Trinajstić information content (AvgIpc) is 2.88. The Hall–Kier alpha value is -2.95. The second-order valence-electron chi connectivity index (χ2n) is 8.21. The minimum Gasteiger partial charge on any atom is -0.493 e. The van der Waals surface area contributed by atoms with Crippen molar-refractivity contribution in [2.75, 3.05) is 25.1 Å². The van der Waals surface area contributed by atoms with Crippen LogP contribution in [-0.2, 0) is 6.61 Å². The molecule has 0 spiro atoms. The third kappa shape index (κ3) is 5.94. The van der Waals surface area contributed by atoms with Gasteiger partial charge in [0.25, 0.3) is 0 Å². The van der Waals surface area contributed by atoms with Crippen molar-refractivity contribution in [2.45, 2.75) is 25.9 Å². The van der Waals surface area contributed by atoms with Gasteiger partial charge in [-0.05, 0) is 79.4 Å². The van der Waals surface area contributed by atoms with Crippen molar-refractivity contribution in [1.29, 1.82) is 0 Å². The van der Waals surface area contributed by atoms with Crippen LogP contribution in [-0.4, -0.2) is 26.0 Å². The fourth-order valence-corrected chi connectivity index (χ4v) is 4.34. The Bertz CT molecular complexity index is 1170. The van der Waals surface area contributed by atoms with E-state index in [1.54, 1.807) is 31.4 Å². The fraction of sp³-hybridized carbons (Fsp3) is 0.250. The van der Waals surface area contributed by atoms with Gasteiger partial charge in [-0.25, -0.2) is 0 Å². The maximum Gasteiger partial charge on any atom is 0.185 e. The van der Waals surface area contributed by atoms with Crippen molar-refractivity contribution in [3.8, 4) is 11.5 Å². The first-order valence-corrected chi connectivity index (χ1v) is 12.1. The van der Waals surface area contributed by atoms with Gasteiger partial charge in [0, 0.05) is 29.9 Å². The van der Waals surface area contributed by atoms with Gasteiger partial charge in [0.15, 0.2) is 17.3 Å². The number of carbonyl (C=O) groups is 1. The molecule has 0 aromatic heterocycles. The van der Waals surface area contributed by atoms with Crippen LogP contribution in [0.2, 0.25) is 10.0 Å². The smallest absolute Gasteiger partial charge is 0.185 e. The molecule has 4 rings (SSSR count). The van der Waals surface area contributed by atoms with Crippen LogP contribution in [0.3, 0.4) is 0 Å². The largest absolute Gasteiger partial charge is 0.493 e. The van der Waals surface area contributed by atoms with Crippen molar-refractivity contribution in [1.82, 2.24) is 0 Å². The maximum absolute atomic E-state index is 12.8. The van der Waals surface area contributed by atoms with Crippen molar-refractivity contribution >= 4 is 40.7 Å². The highest BCUT2D eigenvalue weighted by Crippen LogP contribution is 2.33. The molecule has 0 N–H and O–H groups in total. The number of carbonyl (C=O) groups excluding carboxylic acids is 1. The zero-order chi connectivity index (χ0) is 23.9. The number of para-hydroxylation sites is 1. The summed E-state index contributed by atoms with van der Waals surface area (Å²) in [4.78, 5) is 15.2. The molecule has 34 heavy (non-hydrogen) atoms. The van der Waals surface area contributed by atoms with Gasteiger partial charge in [-0.1, -0.05) is 41.4 Å². The summed E-state index contributed by atoms with van der Waals surface area (Å²) in [5.41, 5.74) is 3.45. The number of rotatable bonds is 8. The third-order valence-electron chi connectivity index (χ3n) is 5.88. The number of benzene rings is 3. The number of piperidine rings is 1. The van der Waals surface area contributed by atoms with Crippen LogP contribution in [0.4, 0.5) is 5.69 Å². The molecule has 0 atom stereocenters. The lowest BCUT2D eigenvalue weighted by Gasteiger charge is -2.28. The molecule has 0 saturated carbocycles. The van der Waals surface area contributed by atoms with Crippen LogP contribution < -0.4 is 14.4 Å². The van der Waals surface area contributed by atoms with Gasteiger partial charge >= 0.3 is 0 Å². The van der Waals surface area contributed by atoms with Crippen LogP contribution in [0.15, 0.2) is 66.7 Å². The van der Waals surface area contributed by atoms with E-state index >= 15 is 0 Å². The van der Waals surface area contributed by atoms with E-state index in [1.165, 1.54) is 24.9 Å². The van der Waals surface area contributed by atoms with Crippen molar-refractivity contribution in [2.24, 2.45) is 0 Å². The minimum atomic E-state index is -0.0663. The lowest BCUT2D eigenvalue weighted by Crippen LogP contribution is -2.29. The zero-order valence-corrected chi connectivity index (χ0v) is 20.6. The number of hydrogen-bond donors (Lipinski definition) is 0. The Morgan fingerprint density at radius 2 is 1.74 bits per heavy atom. The Labute approximate surface area is 210 Å². The number of ether oxygens (including phenoxy) is 2. The minimum absolute atomic E-state index is 0.0663. The molecule has 1 saturated heterocycles. The maximum atomic E-state index is 12.8. The first-order chi connectivity index (χ1) is 16.5. The van der Waals surface area contributed by atoms with E-state index in [0.29, 0.717) is 27.1 Å². The molecule has 0 radical (unpaired) electrons. The Kier molecular flexibility index (Phi) is 8.15. The fourth-order valence-electron chi connectivity index (χ4n) is 4.01. The highest BCUT2D eigenvalue weighted by Gasteiger charge is 2.13. The van der Waals surface area contributed by atoms with E-state index in [2.05, 4.69) is 4.90 Å². The lowest BCUT2D eigenvalue weighted by molar-refractivity contribution is 0.104. The number of hydrogen-bond acceptors (Lipinski definition) is 4. The van der Waals surface area contributed by atoms with Crippen LogP contribution in [0.25, 0.3) is 6.08 Å². The second kappa shape index (κ2) is 11.5. The van der Waals surface area contributed by atoms with E-state index in [4.69, 9.17) is 32.7 Å². The molecule has 4 nitrogen and oxygen atoms in total. The molecular weight excluding hydrogens is 469 g/mol. The van der Waals surface area contributed by atoms with Crippen LogP contribution in [0.1, 0.15) is 40.7 Å². The molecule has 1 aliphatic rings. The van der Waals surface area contributed by atoms with Gasteiger partial charge in [-0.3, -0.25) is 4.79 Å². The molecule has 1 fully saturated rings. The highest BCUT2D eigenvalue weighted by atomic mass is 35.5. The van der Waals surface area contributed by atoms with Gasteiger partial charge < -0.3 is 14.4 Å². The van der Waals surface area contributed by atoms with Gasteiger partial charge in [0.1, 0.15) is 6.61 Å². The summed E-state index contributed by atoms with van der Waals surface area (Å²) in [6.07, 6.45) is 7.06. The van der Waals surface area contributed by atoms with Gasteiger partial charge in [-0.2, -0.15) is 0 Å². The molecule has 1 heterocycles. The summed E-state index contributed by atoms with van der Waals surface area (Å²) in [6, 6.07) is 18.8. The van der Waals surface area contributed by atoms with Gasteiger partial charge in [0.05, 0.1) is 17.2 Å². The number of allylic oxidation sites excluding steroid dienone is 1. The molecule has 0 aliphatic carbocycles. The molecule has 3 aromatic carbocycles. The summed E-state index contributed by atoms with van der Waals surface area (Å²) in [5.74, 6) is 1.07. The molecule has 3 aromatic rings. The molecule has 1 aliphatic heterocycles. The van der Waals surface area contributed by atoms with Crippen LogP contribution in [0, 0.1) is 0 Å². The summed E-state index contributed by atoms with van der Waals surface area (Å²) in [7, 11) is 1.59. The Morgan fingerprint density at radius 1 is 0.971 bits per heavy atom. The van der Waals surface area contributed by atoms with E-state index in [0.717, 1.165) is 24.2 Å². The molecule has 0 amide bonds. The zero-order valence-electron chi connectivity index (χ0n) is 19.1. The van der Waals surface area contributed by atoms with E-state index < -0.39 is 0 Å². The second-order valence-corrected chi connectivity index (χ2v) is 9.02. The predicted octanol–water partition coefficient (Wildman–Crippen LogP) is 7.47. The Balaban J connectivity index is 1.48. The highest BCUT2D eigenvalue weighted by molar-refractivity contribution is 6.42. The summed E-state index contributed by atoms with van der Waals surface area (Å²) in [6.45, 7) is 2.44. The molecular formula is C28H27Cl2NO3. The van der Waals surface area contributed by atoms with Crippen molar-refractivity contribution in [3.05, 3.63) is 93.5 Å². The lowest BCUT2D eigenvalue weighted by atomic mass is 10.1. The standard InChI is InChI=1S/C28H27Cl2NO3/c1-33-27-7-5-6-22(28(27)34-19-20-8-14-24(29)25(30)18-20)11-15-26(32)21-9-12-23(13-10-21)31-16-3-2-4-17-31/h5-15,18H,2-4,16-17,19H2,1H3/b15-11+. The SMILES string of the molecule is COc1cccc(/C=C/C(=O)c2ccc(N3CCCCC3)cc2)c1OCc1ccc(Cl)c(Cl)c1. The van der Waals surface area contributed by atoms with Gasteiger partial charge in [0.2, 0.25) is 0 Å². The molecule has 176 valence electrons. The van der Waals surface area contributed by atoms with Gasteiger partial charge in [-0.15, -0.1) is 0 Å². The first kappa shape index (κ1) is 24.2. The number of ketones is 1. The van der Waals surface area contributed by atoms with E-state index in [1.807, 2.05) is 48.5 Å². The molecule has 0 bridgehead atoms. The predicted molar refractivity (Wildman–Crippen MR) is 140 cm³/mol. The summed E-state index contributed by atoms with van der Waals surface area (Å²) >= 11 is 12.1. The van der Waals surface area contributed by atoms with Crippen LogP contribution >= 0.6 is 23.2 Å². The topological polar surface area (TPSA) is 38.8 Å². The van der Waals surface area contributed by atoms with E-state index in [9.17, 15) is 4.79 Å². The van der Waals surface area contributed by atoms with Crippen molar-refractivity contribution < 1.29 is 14.3 Å². The normalized spacial score (nSPS) is 13.8. The molecule has 6 heteroatoms. The van der Waals surface area contributed by atoms with E-state index in [-0.39, 0.29) is 12.4 Å². The molecule has 0 unspecified atom stereocenters. The average molecular weight is 496 g/mol. The third-order valence-corrected chi connectivity index (χ3v) is 6.62. The number of methoxy groups -OCH3 is 1. The number of halogens is 2. The number of nitrogens with zero attached hydrogens (tertiary/aromatic N) is 1. The first-order valence-electron chi connectivity index (χ1n) is 11.4. The summed E-state index contributed by atoms with van der Waals surface area (Å²) < 4.78 is 11.6. The van der Waals surface area contributed by atoms with Crippen molar-refractivity contribution in [3.63, 3.8) is 0 Å². The van der Waals surface area contributed by atoms with Crippen LogP contribution in [0.5, 0.6) is 11.5 Å². The Morgan fingerprint density at radius 3 is 2.44 bits per heavy atom. The monoisotopic (exact) mass is 495 g/mol. The summed E-state index contributed by atoms with van der Waals surface area (Å²) in [5, 5.41) is 0.966. The number of anilines is 1. The quantitative estimate of drug-likeness (QED) is 0.240.